The molecule has 0 saturated carbocycles. The Hall–Kier alpha value is -1.69. The minimum absolute atomic E-state index is 0.209. The number of aromatic nitrogens is 1. The maximum absolute atomic E-state index is 13.5. The molecule has 2 aromatic carbocycles. The first-order valence-corrected chi connectivity index (χ1v) is 11.1. The van der Waals surface area contributed by atoms with Gasteiger partial charge in [-0.05, 0) is 30.3 Å². The summed E-state index contributed by atoms with van der Waals surface area (Å²) in [4.78, 5) is 3.10. The van der Waals surface area contributed by atoms with Gasteiger partial charge in [0.15, 0.2) is 0 Å². The molecule has 6 nitrogen and oxygen atoms in total. The molecule has 1 aromatic heterocycles. The molecule has 28 heavy (non-hydrogen) atoms. The molecular weight excluding hydrogens is 447 g/mol. The van der Waals surface area contributed by atoms with Crippen LogP contribution >= 0.6 is 34.7 Å². The Labute approximate surface area is 174 Å². The Morgan fingerprint density at radius 3 is 2.64 bits per heavy atom. The number of aryl methyl sites for hydroxylation is 1. The predicted molar refractivity (Wildman–Crippen MR) is 109 cm³/mol. The number of hydrogen-bond acceptors (Lipinski definition) is 6. The third kappa shape index (κ3) is 4.83. The smallest absolute Gasteiger partial charge is 0.265 e. The number of benzene rings is 2. The van der Waals surface area contributed by atoms with E-state index in [-0.39, 0.29) is 5.82 Å². The third-order valence-electron chi connectivity index (χ3n) is 3.90. The second kappa shape index (κ2) is 7.97. The molecule has 11 heteroatoms. The Kier molecular flexibility index (Phi) is 5.99. The van der Waals surface area contributed by atoms with Crippen LogP contribution in [0.2, 0.25) is 5.02 Å². The topological polar surface area (TPSA) is 84.6 Å². The monoisotopic (exact) mass is 460 g/mol. The fraction of sp³-hybridized carbons (Fsp3) is 0.118. The molecule has 0 fully saturated rings. The highest BCUT2D eigenvalue weighted by Gasteiger charge is 2.25. The van der Waals surface area contributed by atoms with E-state index in [2.05, 4.69) is 10.6 Å². The first-order chi connectivity index (χ1) is 13.0. The number of halogens is 2. The quantitative estimate of drug-likeness (QED) is 0.335. The van der Waals surface area contributed by atoms with Crippen molar-refractivity contribution in [2.45, 2.75) is 4.90 Å². The highest BCUT2D eigenvalue weighted by atomic mass is 35.5. The van der Waals surface area contributed by atoms with Gasteiger partial charge >= 0.3 is 0 Å². The molecule has 0 radical (unpaired) electrons. The Balaban J connectivity index is 0.000000403. The lowest BCUT2D eigenvalue weighted by molar-refractivity contribution is -0.642. The summed E-state index contributed by atoms with van der Waals surface area (Å²) < 4.78 is 49.6. The summed E-state index contributed by atoms with van der Waals surface area (Å²) in [5, 5.41) is 2.96. The predicted octanol–water partition coefficient (Wildman–Crippen LogP) is 4.06. The lowest BCUT2D eigenvalue weighted by Gasteiger charge is -2.12. The van der Waals surface area contributed by atoms with E-state index in [1.54, 1.807) is 29.2 Å². The van der Waals surface area contributed by atoms with Gasteiger partial charge in [-0.25, -0.2) is 12.8 Å². The van der Waals surface area contributed by atoms with Gasteiger partial charge in [-0.2, -0.15) is 4.57 Å². The molecule has 1 N–H and O–H groups in total. The molecule has 1 aliphatic heterocycles. The molecular formula is C17H14ClFN2O4S3. The molecule has 0 bridgehead atoms. The van der Waals surface area contributed by atoms with Gasteiger partial charge < -0.3 is 9.45 Å². The first kappa shape index (κ1) is 21.0. The van der Waals surface area contributed by atoms with Crippen molar-refractivity contribution in [3.8, 4) is 0 Å². The van der Waals surface area contributed by atoms with Crippen LogP contribution in [0.5, 0.6) is 0 Å². The van der Waals surface area contributed by atoms with E-state index in [0.29, 0.717) is 0 Å². The van der Waals surface area contributed by atoms with Gasteiger partial charge in [-0.15, -0.1) is 0 Å². The molecule has 0 spiro atoms. The molecule has 3 aromatic rings. The van der Waals surface area contributed by atoms with Crippen molar-refractivity contribution in [1.29, 1.82) is 0 Å². The van der Waals surface area contributed by atoms with Crippen LogP contribution in [-0.2, 0) is 17.4 Å². The number of anilines is 1. The number of thiazole rings is 1. The van der Waals surface area contributed by atoms with E-state index in [1.165, 1.54) is 6.07 Å². The van der Waals surface area contributed by atoms with Gasteiger partial charge in [-0.3, -0.25) is 4.55 Å². The van der Waals surface area contributed by atoms with Crippen LogP contribution in [0.1, 0.15) is 5.01 Å². The zero-order valence-electron chi connectivity index (χ0n) is 14.6. The highest BCUT2D eigenvalue weighted by Crippen LogP contribution is 2.46. The maximum Gasteiger partial charge on any atom is 0.265 e. The van der Waals surface area contributed by atoms with Crippen molar-refractivity contribution in [1.82, 2.24) is 0 Å². The second-order valence-electron chi connectivity index (χ2n) is 5.79. The normalized spacial score (nSPS) is 14.9. The fourth-order valence-electron chi connectivity index (χ4n) is 2.64. The van der Waals surface area contributed by atoms with E-state index in [1.807, 2.05) is 43.3 Å². The van der Waals surface area contributed by atoms with Crippen molar-refractivity contribution in [2.75, 3.05) is 11.9 Å². The van der Waals surface area contributed by atoms with Crippen LogP contribution < -0.4 is 9.47 Å². The van der Waals surface area contributed by atoms with Gasteiger partial charge in [-0.1, -0.05) is 34.7 Å². The SMILES string of the molecule is CN1/C(=C/c2sc3cc(Cl)ccc3[n+]2C)Sc2ccc(F)cc21.O=S(=O)([O-])O. The van der Waals surface area contributed by atoms with E-state index in [9.17, 15) is 4.39 Å². The summed E-state index contributed by atoms with van der Waals surface area (Å²) >= 11 is 9.44. The van der Waals surface area contributed by atoms with Crippen LogP contribution in [0.4, 0.5) is 10.1 Å². The summed E-state index contributed by atoms with van der Waals surface area (Å²) in [7, 11) is -0.903. The van der Waals surface area contributed by atoms with E-state index >= 15 is 0 Å². The average molecular weight is 461 g/mol. The minimum Gasteiger partial charge on any atom is -0.726 e. The first-order valence-electron chi connectivity index (χ1n) is 7.72. The lowest BCUT2D eigenvalue weighted by atomic mass is 10.3. The summed E-state index contributed by atoms with van der Waals surface area (Å²) in [5.74, 6) is -0.209. The van der Waals surface area contributed by atoms with Crippen LogP contribution in [-0.4, -0.2) is 24.6 Å². The van der Waals surface area contributed by atoms with Crippen molar-refractivity contribution < 1.29 is 26.5 Å². The molecule has 0 saturated heterocycles. The molecule has 2 heterocycles. The van der Waals surface area contributed by atoms with Crippen molar-refractivity contribution in [3.05, 3.63) is 57.3 Å². The highest BCUT2D eigenvalue weighted by molar-refractivity contribution is 8.03. The van der Waals surface area contributed by atoms with E-state index < -0.39 is 10.4 Å². The van der Waals surface area contributed by atoms with Crippen molar-refractivity contribution >= 4 is 67.1 Å². The summed E-state index contributed by atoms with van der Waals surface area (Å²) in [6.07, 6.45) is 2.14. The molecule has 148 valence electrons. The standard InChI is InChI=1S/C17H13ClFN2S2.H2O4S/c1-20-12-5-3-10(18)7-15(12)23-16(20)9-17-21(2)13-8-11(19)4-6-14(13)22-17;1-5(2,3)4/h3-9H,1-2H3;(H2,1,2,3,4)/q+1;/p-1. The fourth-order valence-corrected chi connectivity index (χ4v) is 5.15. The Morgan fingerprint density at radius 1 is 1.29 bits per heavy atom. The minimum atomic E-state index is -4.92. The number of hydrogen-bond donors (Lipinski definition) is 1. The van der Waals surface area contributed by atoms with E-state index in [0.717, 1.165) is 35.9 Å². The zero-order valence-corrected chi connectivity index (χ0v) is 17.8. The zero-order chi connectivity index (χ0) is 20.6. The van der Waals surface area contributed by atoms with Crippen LogP contribution in [0.25, 0.3) is 16.3 Å². The third-order valence-corrected chi connectivity index (χ3v) is 6.45. The van der Waals surface area contributed by atoms with Crippen LogP contribution in [0.15, 0.2) is 46.3 Å². The number of thioether (sulfide) groups is 1. The molecule has 1 aliphatic rings. The summed E-state index contributed by atoms with van der Waals surface area (Å²) in [6.45, 7) is 0. The van der Waals surface area contributed by atoms with E-state index in [4.69, 9.17) is 29.1 Å². The lowest BCUT2D eigenvalue weighted by Crippen LogP contribution is -2.29. The number of nitrogens with zero attached hydrogens (tertiary/aromatic N) is 2. The molecule has 4 rings (SSSR count). The van der Waals surface area contributed by atoms with Gasteiger partial charge in [0.05, 0.1) is 16.8 Å². The molecule has 0 atom stereocenters. The second-order valence-corrected chi connectivity index (χ2v) is 9.21. The van der Waals surface area contributed by atoms with Crippen LogP contribution in [0, 0.1) is 5.82 Å². The van der Waals surface area contributed by atoms with Gasteiger partial charge in [0.2, 0.25) is 15.9 Å². The van der Waals surface area contributed by atoms with Gasteiger partial charge in [0.25, 0.3) is 5.01 Å². The Bertz CT molecular complexity index is 1190. The maximum atomic E-state index is 13.5. The number of rotatable bonds is 1. The van der Waals surface area contributed by atoms with Gasteiger partial charge in [0, 0.05) is 23.0 Å². The summed E-state index contributed by atoms with van der Waals surface area (Å²) in [5.41, 5.74) is 2.06. The molecule has 0 amide bonds. The summed E-state index contributed by atoms with van der Waals surface area (Å²) in [6, 6.07) is 10.8. The molecule has 0 aliphatic carbocycles. The van der Waals surface area contributed by atoms with Crippen LogP contribution in [0.3, 0.4) is 0 Å². The largest absolute Gasteiger partial charge is 0.726 e. The average Bonchev–Trinajstić information content (AvgIpc) is 3.04. The van der Waals surface area contributed by atoms with Crippen molar-refractivity contribution in [2.24, 2.45) is 7.05 Å². The van der Waals surface area contributed by atoms with Gasteiger partial charge in [0.1, 0.15) is 17.6 Å². The van der Waals surface area contributed by atoms with Crippen molar-refractivity contribution in [3.63, 3.8) is 0 Å². The number of fused-ring (bicyclic) bond motifs is 2. The Morgan fingerprint density at radius 2 is 1.96 bits per heavy atom. The molecule has 0 unspecified atom stereocenters.